The summed E-state index contributed by atoms with van der Waals surface area (Å²) in [6.07, 6.45) is 3.03. The molecule has 0 saturated carbocycles. The Labute approximate surface area is 239 Å². The van der Waals surface area contributed by atoms with Crippen LogP contribution < -0.4 is 10.1 Å². The van der Waals surface area contributed by atoms with Crippen molar-refractivity contribution in [2.75, 3.05) is 17.7 Å². The van der Waals surface area contributed by atoms with Crippen molar-refractivity contribution in [1.29, 1.82) is 0 Å². The number of amides is 1. The molecule has 8 nitrogen and oxygen atoms in total. The van der Waals surface area contributed by atoms with Gasteiger partial charge in [-0.1, -0.05) is 41.6 Å². The summed E-state index contributed by atoms with van der Waals surface area (Å²) in [5.41, 5.74) is 2.44. The number of hydrogen-bond donors (Lipinski definition) is 1. The van der Waals surface area contributed by atoms with Crippen molar-refractivity contribution >= 4 is 51.6 Å². The first kappa shape index (κ1) is 27.2. The minimum atomic E-state index is -0.370. The van der Waals surface area contributed by atoms with Gasteiger partial charge in [-0.25, -0.2) is 4.79 Å². The van der Waals surface area contributed by atoms with Gasteiger partial charge in [0.05, 0.1) is 12.2 Å². The lowest BCUT2D eigenvalue weighted by atomic mass is 10.1. The zero-order chi connectivity index (χ0) is 27.2. The number of carbonyl (C=O) groups is 2. The number of rotatable bonds is 11. The third kappa shape index (κ3) is 6.46. The fourth-order valence-corrected chi connectivity index (χ4v) is 6.67. The molecule has 202 valence electrons. The number of hydrogen-bond acceptors (Lipinski definition) is 8. The summed E-state index contributed by atoms with van der Waals surface area (Å²) in [6.45, 7) is 2.29. The molecule has 2 aromatic heterocycles. The van der Waals surface area contributed by atoms with Crippen LogP contribution in [-0.2, 0) is 29.0 Å². The second kappa shape index (κ2) is 12.7. The quantitative estimate of drug-likeness (QED) is 0.163. The lowest BCUT2D eigenvalue weighted by Crippen LogP contribution is -2.15. The SMILES string of the molecule is CCOC(=O)c1c(NC(=O)CCSc2nnc(COc3ccc(Cl)cc3)n2-c2ccccc2)sc2c1CCC2. The Morgan fingerprint density at radius 1 is 1.10 bits per heavy atom. The number of nitrogens with zero attached hydrogens (tertiary/aromatic N) is 3. The molecular formula is C28H27ClN4O4S2. The van der Waals surface area contributed by atoms with E-state index in [0.717, 1.165) is 35.4 Å². The molecule has 5 rings (SSSR count). The second-order valence-corrected chi connectivity index (χ2v) is 11.3. The average Bonchev–Trinajstić information content (AvgIpc) is 3.64. The molecule has 4 aromatic rings. The van der Waals surface area contributed by atoms with E-state index >= 15 is 0 Å². The van der Waals surface area contributed by atoms with Crippen LogP contribution in [0.4, 0.5) is 5.00 Å². The Morgan fingerprint density at radius 2 is 1.90 bits per heavy atom. The van der Waals surface area contributed by atoms with Gasteiger partial charge in [-0.05, 0) is 68.1 Å². The van der Waals surface area contributed by atoms with Crippen molar-refractivity contribution in [3.8, 4) is 11.4 Å². The van der Waals surface area contributed by atoms with E-state index in [9.17, 15) is 9.59 Å². The summed E-state index contributed by atoms with van der Waals surface area (Å²) in [5.74, 6) is 1.26. The fraction of sp³-hybridized carbons (Fsp3) is 0.286. The predicted octanol–water partition coefficient (Wildman–Crippen LogP) is 6.35. The number of aryl methyl sites for hydroxylation is 1. The first-order valence-corrected chi connectivity index (χ1v) is 14.8. The number of carbonyl (C=O) groups excluding carboxylic acids is 2. The van der Waals surface area contributed by atoms with Crippen LogP contribution in [0.3, 0.4) is 0 Å². The molecule has 1 aliphatic rings. The number of para-hydroxylation sites is 1. The summed E-state index contributed by atoms with van der Waals surface area (Å²) in [4.78, 5) is 26.6. The maximum atomic E-state index is 12.9. The van der Waals surface area contributed by atoms with Crippen LogP contribution in [-0.4, -0.2) is 39.0 Å². The molecule has 0 spiro atoms. The van der Waals surface area contributed by atoms with Crippen LogP contribution in [0.1, 0.15) is 46.4 Å². The van der Waals surface area contributed by atoms with Crippen molar-refractivity contribution < 1.29 is 19.1 Å². The molecule has 1 aliphatic carbocycles. The smallest absolute Gasteiger partial charge is 0.341 e. The van der Waals surface area contributed by atoms with Crippen molar-refractivity contribution in [2.45, 2.75) is 44.4 Å². The van der Waals surface area contributed by atoms with Crippen molar-refractivity contribution in [3.63, 3.8) is 0 Å². The molecule has 39 heavy (non-hydrogen) atoms. The monoisotopic (exact) mass is 582 g/mol. The lowest BCUT2D eigenvalue weighted by molar-refractivity contribution is -0.115. The first-order valence-electron chi connectivity index (χ1n) is 12.7. The van der Waals surface area contributed by atoms with Gasteiger partial charge in [-0.15, -0.1) is 21.5 Å². The number of aromatic nitrogens is 3. The topological polar surface area (TPSA) is 95.3 Å². The van der Waals surface area contributed by atoms with Gasteiger partial charge in [0.25, 0.3) is 0 Å². The van der Waals surface area contributed by atoms with E-state index in [1.54, 1.807) is 31.2 Å². The lowest BCUT2D eigenvalue weighted by Gasteiger charge is -2.11. The normalized spacial score (nSPS) is 12.3. The van der Waals surface area contributed by atoms with E-state index in [-0.39, 0.29) is 24.9 Å². The number of anilines is 1. The van der Waals surface area contributed by atoms with Gasteiger partial charge in [0.15, 0.2) is 11.0 Å². The standard InChI is InChI=1S/C28H27ClN4O4S2/c1-2-36-27(35)25-21-9-6-10-22(21)39-26(25)30-24(34)15-16-38-28-32-31-23(33(28)19-7-4-3-5-8-19)17-37-20-13-11-18(29)12-14-20/h3-5,7-8,11-14H,2,6,9-10,15-17H2,1H3,(H,30,34). The van der Waals surface area contributed by atoms with Crippen LogP contribution in [0.2, 0.25) is 5.02 Å². The molecule has 0 unspecified atom stereocenters. The summed E-state index contributed by atoms with van der Waals surface area (Å²) in [5, 5.41) is 13.6. The number of esters is 1. The van der Waals surface area contributed by atoms with Gasteiger partial charge in [-0.2, -0.15) is 0 Å². The Balaban J connectivity index is 1.25. The first-order chi connectivity index (χ1) is 19.0. The Bertz CT molecular complexity index is 1450. The number of thioether (sulfide) groups is 1. The molecule has 0 atom stereocenters. The highest BCUT2D eigenvalue weighted by Gasteiger charge is 2.28. The average molecular weight is 583 g/mol. The van der Waals surface area contributed by atoms with Crippen LogP contribution >= 0.6 is 34.7 Å². The van der Waals surface area contributed by atoms with Gasteiger partial charge in [-0.3, -0.25) is 9.36 Å². The van der Waals surface area contributed by atoms with Gasteiger partial charge in [0.1, 0.15) is 17.4 Å². The van der Waals surface area contributed by atoms with E-state index in [0.29, 0.717) is 44.7 Å². The molecule has 2 heterocycles. The minimum Gasteiger partial charge on any atom is -0.486 e. The number of nitrogens with one attached hydrogen (secondary N) is 1. The maximum Gasteiger partial charge on any atom is 0.341 e. The van der Waals surface area contributed by atoms with E-state index in [4.69, 9.17) is 21.1 Å². The van der Waals surface area contributed by atoms with Crippen molar-refractivity contribution in [3.05, 3.63) is 81.4 Å². The minimum absolute atomic E-state index is 0.162. The number of benzene rings is 2. The summed E-state index contributed by atoms with van der Waals surface area (Å²) < 4.78 is 13.1. The molecule has 1 amide bonds. The zero-order valence-corrected chi connectivity index (χ0v) is 23.7. The van der Waals surface area contributed by atoms with E-state index in [1.165, 1.54) is 23.1 Å². The van der Waals surface area contributed by atoms with Crippen LogP contribution in [0.25, 0.3) is 5.69 Å². The van der Waals surface area contributed by atoms with E-state index in [1.807, 2.05) is 34.9 Å². The highest BCUT2D eigenvalue weighted by atomic mass is 35.5. The summed E-state index contributed by atoms with van der Waals surface area (Å²) in [6, 6.07) is 16.9. The van der Waals surface area contributed by atoms with Crippen LogP contribution in [0.15, 0.2) is 59.8 Å². The number of ether oxygens (including phenoxy) is 2. The molecule has 11 heteroatoms. The third-order valence-corrected chi connectivity index (χ3v) is 8.50. The highest BCUT2D eigenvalue weighted by Crippen LogP contribution is 2.39. The number of fused-ring (bicyclic) bond motifs is 1. The predicted molar refractivity (Wildman–Crippen MR) is 153 cm³/mol. The third-order valence-electron chi connectivity index (χ3n) is 6.11. The Kier molecular flexibility index (Phi) is 8.85. The van der Waals surface area contributed by atoms with Crippen LogP contribution in [0, 0.1) is 0 Å². The molecule has 1 N–H and O–H groups in total. The fourth-order valence-electron chi connectivity index (χ4n) is 4.34. The molecule has 0 aliphatic heterocycles. The van der Waals surface area contributed by atoms with Gasteiger partial charge < -0.3 is 14.8 Å². The van der Waals surface area contributed by atoms with Crippen molar-refractivity contribution in [1.82, 2.24) is 14.8 Å². The summed E-state index contributed by atoms with van der Waals surface area (Å²) >= 11 is 8.89. The number of halogens is 1. The second-order valence-electron chi connectivity index (χ2n) is 8.74. The van der Waals surface area contributed by atoms with Crippen molar-refractivity contribution in [2.24, 2.45) is 0 Å². The maximum absolute atomic E-state index is 12.9. The van der Waals surface area contributed by atoms with Gasteiger partial charge in [0.2, 0.25) is 5.91 Å². The molecule has 0 saturated heterocycles. The van der Waals surface area contributed by atoms with E-state index in [2.05, 4.69) is 15.5 Å². The summed E-state index contributed by atoms with van der Waals surface area (Å²) in [7, 11) is 0. The molecule has 2 aromatic carbocycles. The number of thiophene rings is 1. The Morgan fingerprint density at radius 3 is 2.67 bits per heavy atom. The molecular weight excluding hydrogens is 556 g/mol. The zero-order valence-electron chi connectivity index (χ0n) is 21.3. The van der Waals surface area contributed by atoms with Crippen LogP contribution in [0.5, 0.6) is 5.75 Å². The Hall–Kier alpha value is -3.34. The molecule has 0 fully saturated rings. The highest BCUT2D eigenvalue weighted by molar-refractivity contribution is 7.99. The largest absolute Gasteiger partial charge is 0.486 e. The van der Waals surface area contributed by atoms with Gasteiger partial charge in [0, 0.05) is 27.8 Å². The van der Waals surface area contributed by atoms with Gasteiger partial charge >= 0.3 is 5.97 Å². The van der Waals surface area contributed by atoms with E-state index < -0.39 is 0 Å². The molecule has 0 radical (unpaired) electrons. The molecule has 0 bridgehead atoms.